The minimum Gasteiger partial charge on any atom is -0.482 e. The molecule has 0 aliphatic rings. The van der Waals surface area contributed by atoms with E-state index in [2.05, 4.69) is 15.8 Å². The van der Waals surface area contributed by atoms with Gasteiger partial charge in [0.25, 0.3) is 11.8 Å². The number of carbonyl (C=O) groups is 2. The van der Waals surface area contributed by atoms with E-state index in [9.17, 15) is 9.59 Å². The second-order valence-corrected chi connectivity index (χ2v) is 8.44. The Morgan fingerprint density at radius 2 is 1.61 bits per heavy atom. The molecule has 170 valence electrons. The second kappa shape index (κ2) is 11.4. The summed E-state index contributed by atoms with van der Waals surface area (Å²) in [7, 11) is 0. The summed E-state index contributed by atoms with van der Waals surface area (Å²) in [6.45, 7) is 1.43. The molecule has 2 N–H and O–H groups in total. The molecule has 0 spiro atoms. The summed E-state index contributed by atoms with van der Waals surface area (Å²) in [5, 5.41) is 8.31. The third-order valence-corrected chi connectivity index (χ3v) is 5.39. The largest absolute Gasteiger partial charge is 0.482 e. The molecule has 0 atom stereocenters. The summed E-state index contributed by atoms with van der Waals surface area (Å²) in [4.78, 5) is 24.6. The number of nitrogens with zero attached hydrogens (tertiary/aromatic N) is 1. The highest BCUT2D eigenvalue weighted by Crippen LogP contribution is 2.27. The molecular weight excluding hydrogens is 508 g/mol. The maximum absolute atomic E-state index is 12.5. The molecule has 0 bridgehead atoms. The molecular formula is C23H17Cl4N3O3. The van der Waals surface area contributed by atoms with E-state index in [0.29, 0.717) is 43.3 Å². The van der Waals surface area contributed by atoms with Gasteiger partial charge < -0.3 is 10.1 Å². The lowest BCUT2D eigenvalue weighted by atomic mass is 10.1. The molecule has 3 aromatic rings. The number of halogens is 4. The van der Waals surface area contributed by atoms with Crippen molar-refractivity contribution in [2.75, 3.05) is 11.9 Å². The van der Waals surface area contributed by atoms with Crippen molar-refractivity contribution in [3.8, 4) is 5.75 Å². The Labute approximate surface area is 210 Å². The number of hydrazone groups is 1. The van der Waals surface area contributed by atoms with Crippen molar-refractivity contribution >= 4 is 69.6 Å². The van der Waals surface area contributed by atoms with Crippen LogP contribution in [0.2, 0.25) is 20.1 Å². The number of benzene rings is 3. The van der Waals surface area contributed by atoms with Gasteiger partial charge in [-0.05, 0) is 61.0 Å². The molecule has 0 radical (unpaired) electrons. The van der Waals surface area contributed by atoms with Gasteiger partial charge in [0.15, 0.2) is 6.61 Å². The first-order valence-electron chi connectivity index (χ1n) is 9.51. The van der Waals surface area contributed by atoms with Crippen LogP contribution in [-0.4, -0.2) is 24.1 Å². The molecule has 6 nitrogen and oxygen atoms in total. The highest BCUT2D eigenvalue weighted by molar-refractivity contribution is 6.37. The quantitative estimate of drug-likeness (QED) is 0.274. The van der Waals surface area contributed by atoms with Gasteiger partial charge in [-0.3, -0.25) is 9.59 Å². The van der Waals surface area contributed by atoms with E-state index in [-0.39, 0.29) is 17.5 Å². The van der Waals surface area contributed by atoms with Crippen LogP contribution in [-0.2, 0) is 4.79 Å². The Morgan fingerprint density at radius 1 is 0.909 bits per heavy atom. The number of hydrogen-bond acceptors (Lipinski definition) is 4. The zero-order valence-corrected chi connectivity index (χ0v) is 20.2. The summed E-state index contributed by atoms with van der Waals surface area (Å²) < 4.78 is 5.38. The van der Waals surface area contributed by atoms with Gasteiger partial charge in [-0.2, -0.15) is 5.10 Å². The molecule has 33 heavy (non-hydrogen) atoms. The van der Waals surface area contributed by atoms with E-state index in [0.717, 1.165) is 0 Å². The van der Waals surface area contributed by atoms with E-state index >= 15 is 0 Å². The SMILES string of the molecule is CC(=NNC(=O)COc1ccc(Cl)cc1Cl)c1cccc(NC(=O)c2ccc(Cl)cc2Cl)c1. The van der Waals surface area contributed by atoms with Gasteiger partial charge in [0.1, 0.15) is 5.75 Å². The Kier molecular flexibility index (Phi) is 8.58. The van der Waals surface area contributed by atoms with Crippen LogP contribution < -0.4 is 15.5 Å². The fourth-order valence-corrected chi connectivity index (χ4v) is 3.63. The van der Waals surface area contributed by atoms with E-state index in [1.54, 1.807) is 55.5 Å². The molecule has 0 aromatic heterocycles. The van der Waals surface area contributed by atoms with Gasteiger partial charge in [-0.1, -0.05) is 58.5 Å². The van der Waals surface area contributed by atoms with E-state index < -0.39 is 5.91 Å². The number of rotatable bonds is 7. The van der Waals surface area contributed by atoms with Crippen LogP contribution in [0.15, 0.2) is 65.8 Å². The third-order valence-electron chi connectivity index (χ3n) is 4.31. The maximum atomic E-state index is 12.5. The van der Waals surface area contributed by atoms with Crippen molar-refractivity contribution < 1.29 is 14.3 Å². The molecule has 0 fully saturated rings. The first-order chi connectivity index (χ1) is 15.7. The molecule has 3 rings (SSSR count). The van der Waals surface area contributed by atoms with Gasteiger partial charge in [0.05, 0.1) is 21.3 Å². The predicted molar refractivity (Wildman–Crippen MR) is 133 cm³/mol. The van der Waals surface area contributed by atoms with Crippen LogP contribution in [0.3, 0.4) is 0 Å². The summed E-state index contributed by atoms with van der Waals surface area (Å²) in [6, 6.07) is 16.3. The lowest BCUT2D eigenvalue weighted by Gasteiger charge is -2.09. The van der Waals surface area contributed by atoms with Crippen molar-refractivity contribution in [1.82, 2.24) is 5.43 Å². The van der Waals surface area contributed by atoms with Crippen molar-refractivity contribution in [3.05, 3.63) is 91.9 Å². The van der Waals surface area contributed by atoms with Crippen molar-refractivity contribution in [1.29, 1.82) is 0 Å². The highest BCUT2D eigenvalue weighted by atomic mass is 35.5. The fraction of sp³-hybridized carbons (Fsp3) is 0.0870. The van der Waals surface area contributed by atoms with Gasteiger partial charge in [0, 0.05) is 15.7 Å². The predicted octanol–water partition coefficient (Wildman–Crippen LogP) is 6.47. The molecule has 0 aliphatic carbocycles. The third kappa shape index (κ3) is 7.11. The van der Waals surface area contributed by atoms with Crippen molar-refractivity contribution in [2.24, 2.45) is 5.10 Å². The van der Waals surface area contributed by atoms with Crippen LogP contribution in [0, 0.1) is 0 Å². The molecule has 0 saturated heterocycles. The zero-order valence-electron chi connectivity index (χ0n) is 17.2. The molecule has 0 heterocycles. The van der Waals surface area contributed by atoms with Crippen molar-refractivity contribution in [3.63, 3.8) is 0 Å². The van der Waals surface area contributed by atoms with E-state index in [4.69, 9.17) is 51.1 Å². The Balaban J connectivity index is 1.60. The monoisotopic (exact) mass is 523 g/mol. The Morgan fingerprint density at radius 3 is 2.30 bits per heavy atom. The summed E-state index contributed by atoms with van der Waals surface area (Å²) >= 11 is 23.8. The van der Waals surface area contributed by atoms with E-state index in [1.165, 1.54) is 12.1 Å². The number of hydrogen-bond donors (Lipinski definition) is 2. The molecule has 2 amide bonds. The minimum absolute atomic E-state index is 0.249. The highest BCUT2D eigenvalue weighted by Gasteiger charge is 2.12. The molecule has 3 aromatic carbocycles. The van der Waals surface area contributed by atoms with Gasteiger partial charge in [0.2, 0.25) is 0 Å². The standard InChI is InChI=1S/C23H17Cl4N3O3/c1-13(29-30-22(31)12-33-21-8-6-16(25)11-20(21)27)14-3-2-4-17(9-14)28-23(32)18-7-5-15(24)10-19(18)26/h2-11H,12H2,1H3,(H,28,32)(H,30,31). The van der Waals surface area contributed by atoms with Crippen LogP contribution in [0.25, 0.3) is 0 Å². The average molecular weight is 525 g/mol. The van der Waals surface area contributed by atoms with Crippen LogP contribution in [0.1, 0.15) is 22.8 Å². The number of nitrogens with one attached hydrogen (secondary N) is 2. The first kappa shape index (κ1) is 24.9. The molecule has 0 aliphatic heterocycles. The van der Waals surface area contributed by atoms with Gasteiger partial charge >= 0.3 is 0 Å². The second-order valence-electron chi connectivity index (χ2n) is 6.75. The van der Waals surface area contributed by atoms with Crippen LogP contribution >= 0.6 is 46.4 Å². The van der Waals surface area contributed by atoms with Crippen molar-refractivity contribution in [2.45, 2.75) is 6.92 Å². The minimum atomic E-state index is -0.470. The first-order valence-corrected chi connectivity index (χ1v) is 11.0. The fourth-order valence-electron chi connectivity index (χ4n) is 2.67. The Hall–Kier alpha value is -2.77. The normalized spacial score (nSPS) is 11.1. The summed E-state index contributed by atoms with van der Waals surface area (Å²) in [6.07, 6.45) is 0. The average Bonchev–Trinajstić information content (AvgIpc) is 2.77. The maximum Gasteiger partial charge on any atom is 0.277 e. The molecule has 0 saturated carbocycles. The molecule has 10 heteroatoms. The van der Waals surface area contributed by atoms with Crippen LogP contribution in [0.5, 0.6) is 5.75 Å². The lowest BCUT2D eigenvalue weighted by Crippen LogP contribution is -2.25. The lowest BCUT2D eigenvalue weighted by molar-refractivity contribution is -0.123. The van der Waals surface area contributed by atoms with E-state index in [1.807, 2.05) is 0 Å². The topological polar surface area (TPSA) is 79.8 Å². The summed E-state index contributed by atoms with van der Waals surface area (Å²) in [5.74, 6) is -0.516. The number of anilines is 1. The zero-order chi connectivity index (χ0) is 24.0. The summed E-state index contributed by atoms with van der Waals surface area (Å²) in [5.41, 5.74) is 4.46. The number of carbonyl (C=O) groups excluding carboxylic acids is 2. The smallest absolute Gasteiger partial charge is 0.277 e. The number of ether oxygens (including phenoxy) is 1. The van der Waals surface area contributed by atoms with Crippen LogP contribution in [0.4, 0.5) is 5.69 Å². The number of amides is 2. The molecule has 0 unspecified atom stereocenters. The van der Waals surface area contributed by atoms with Gasteiger partial charge in [-0.25, -0.2) is 5.43 Å². The Bertz CT molecular complexity index is 1230. The van der Waals surface area contributed by atoms with Gasteiger partial charge in [-0.15, -0.1) is 0 Å².